The summed E-state index contributed by atoms with van der Waals surface area (Å²) in [5, 5.41) is 7.15. The number of anilines is 1. The average molecular weight is 403 g/mol. The normalized spacial score (nSPS) is 12.3. The third kappa shape index (κ3) is 3.48. The Bertz CT molecular complexity index is 952. The maximum Gasteiger partial charge on any atom is 0.254 e. The highest BCUT2D eigenvalue weighted by atomic mass is 79.9. The van der Waals surface area contributed by atoms with Gasteiger partial charge in [-0.3, -0.25) is 4.79 Å². The van der Waals surface area contributed by atoms with Crippen LogP contribution in [-0.2, 0) is 11.2 Å². The van der Waals surface area contributed by atoms with Crippen LogP contribution in [0, 0.1) is 13.8 Å². The average Bonchev–Trinajstić information content (AvgIpc) is 2.92. The van der Waals surface area contributed by atoms with E-state index in [-0.39, 0.29) is 24.3 Å². The Morgan fingerprint density at radius 1 is 1.32 bits per heavy atom. The molecule has 0 aliphatic carbocycles. The fourth-order valence-corrected chi connectivity index (χ4v) is 3.46. The molecule has 1 amide bonds. The van der Waals surface area contributed by atoms with Crippen LogP contribution in [0.25, 0.3) is 5.78 Å². The van der Waals surface area contributed by atoms with Gasteiger partial charge in [0.1, 0.15) is 0 Å². The number of nitrogens with two attached hydrogens (primary N) is 1. The Labute approximate surface area is 153 Å². The molecule has 3 aromatic rings. The van der Waals surface area contributed by atoms with E-state index in [1.54, 1.807) is 4.52 Å². The van der Waals surface area contributed by atoms with Crippen LogP contribution < -0.4 is 11.1 Å². The minimum atomic E-state index is -0.109. The maximum atomic E-state index is 12.5. The van der Waals surface area contributed by atoms with Crippen LogP contribution in [0.1, 0.15) is 35.5 Å². The van der Waals surface area contributed by atoms with E-state index in [0.717, 1.165) is 27.0 Å². The molecule has 0 aliphatic rings. The molecular weight excluding hydrogens is 384 g/mol. The van der Waals surface area contributed by atoms with E-state index in [0.29, 0.717) is 5.78 Å². The van der Waals surface area contributed by atoms with Gasteiger partial charge in [0.15, 0.2) is 0 Å². The number of aryl methyl sites for hydroxylation is 2. The molecule has 2 heterocycles. The predicted molar refractivity (Wildman–Crippen MR) is 99.1 cm³/mol. The van der Waals surface area contributed by atoms with E-state index in [2.05, 4.69) is 36.3 Å². The zero-order valence-corrected chi connectivity index (χ0v) is 15.8. The second-order valence-corrected chi connectivity index (χ2v) is 6.78. The summed E-state index contributed by atoms with van der Waals surface area (Å²) in [4.78, 5) is 21.0. The Kier molecular flexibility index (Phi) is 4.71. The second kappa shape index (κ2) is 6.79. The lowest BCUT2D eigenvalue weighted by molar-refractivity contribution is -0.121. The van der Waals surface area contributed by atoms with Crippen molar-refractivity contribution < 1.29 is 4.79 Å². The lowest BCUT2D eigenvalue weighted by Crippen LogP contribution is -2.29. The molecule has 0 bridgehead atoms. The Hall–Kier alpha value is -2.48. The number of hydrogen-bond acceptors (Lipinski definition) is 5. The fourth-order valence-electron chi connectivity index (χ4n) is 2.84. The molecule has 0 spiro atoms. The number of carbonyl (C=O) groups excluding carboxylic acids is 1. The number of rotatable bonds is 4. The van der Waals surface area contributed by atoms with Gasteiger partial charge < -0.3 is 11.1 Å². The molecule has 0 radical (unpaired) electrons. The number of nitrogens with zero attached hydrogens (tertiary/aromatic N) is 4. The number of nitrogen functional groups attached to an aromatic ring is 1. The molecule has 0 saturated heterocycles. The first-order valence-electron chi connectivity index (χ1n) is 7.89. The van der Waals surface area contributed by atoms with Crippen molar-refractivity contribution in [1.29, 1.82) is 0 Å². The monoisotopic (exact) mass is 402 g/mol. The van der Waals surface area contributed by atoms with Crippen molar-refractivity contribution in [3.05, 3.63) is 51.3 Å². The summed E-state index contributed by atoms with van der Waals surface area (Å²) in [5.74, 6) is 0.529. The molecule has 3 rings (SSSR count). The SMILES string of the molecule is Cc1nc2nc(N)nn2c(C)c1CC(=O)N[C@@H](C)c1ccccc1Br. The number of halogens is 1. The van der Waals surface area contributed by atoms with E-state index in [1.165, 1.54) is 0 Å². The van der Waals surface area contributed by atoms with Crippen molar-refractivity contribution in [3.8, 4) is 0 Å². The highest BCUT2D eigenvalue weighted by Gasteiger charge is 2.17. The standard InChI is InChI=1S/C17H19BrN6O/c1-9(12-6-4-5-7-14(12)18)20-15(25)8-13-10(2)21-17-22-16(19)23-24(17)11(13)3/h4-7,9H,8H2,1-3H3,(H2,19,23)(H,20,25)/t9-/m0/s1. The summed E-state index contributed by atoms with van der Waals surface area (Å²) >= 11 is 3.51. The molecular formula is C17H19BrN6O. The van der Waals surface area contributed by atoms with E-state index in [9.17, 15) is 4.79 Å². The molecule has 0 aliphatic heterocycles. The van der Waals surface area contributed by atoms with Gasteiger partial charge in [-0.2, -0.15) is 9.50 Å². The van der Waals surface area contributed by atoms with E-state index in [1.807, 2.05) is 45.0 Å². The Morgan fingerprint density at radius 2 is 2.04 bits per heavy atom. The van der Waals surface area contributed by atoms with Crippen LogP contribution in [0.5, 0.6) is 0 Å². The predicted octanol–water partition coefficient (Wildman–Crippen LogP) is 2.51. The quantitative estimate of drug-likeness (QED) is 0.698. The molecule has 0 saturated carbocycles. The molecule has 3 N–H and O–H groups in total. The van der Waals surface area contributed by atoms with Crippen molar-refractivity contribution in [1.82, 2.24) is 24.9 Å². The number of hydrogen-bond donors (Lipinski definition) is 2. The number of benzene rings is 1. The van der Waals surface area contributed by atoms with E-state index in [4.69, 9.17) is 5.73 Å². The topological polar surface area (TPSA) is 98.2 Å². The third-order valence-electron chi connectivity index (χ3n) is 4.15. The van der Waals surface area contributed by atoms with Gasteiger partial charge in [0.2, 0.25) is 11.9 Å². The molecule has 1 atom stereocenters. The zero-order chi connectivity index (χ0) is 18.1. The van der Waals surface area contributed by atoms with E-state index >= 15 is 0 Å². The third-order valence-corrected chi connectivity index (χ3v) is 4.87. The van der Waals surface area contributed by atoms with Crippen LogP contribution in [0.4, 0.5) is 5.95 Å². The van der Waals surface area contributed by atoms with Crippen molar-refractivity contribution in [3.63, 3.8) is 0 Å². The first-order valence-corrected chi connectivity index (χ1v) is 8.68. The van der Waals surface area contributed by atoms with Crippen molar-refractivity contribution in [2.75, 3.05) is 5.73 Å². The Balaban J connectivity index is 1.81. The first-order chi connectivity index (χ1) is 11.9. The number of nitrogens with one attached hydrogen (secondary N) is 1. The maximum absolute atomic E-state index is 12.5. The summed E-state index contributed by atoms with van der Waals surface area (Å²) in [6.07, 6.45) is 0.217. The molecule has 8 heteroatoms. The molecule has 7 nitrogen and oxygen atoms in total. The lowest BCUT2D eigenvalue weighted by Gasteiger charge is -2.17. The minimum Gasteiger partial charge on any atom is -0.366 e. The van der Waals surface area contributed by atoms with Gasteiger partial charge in [-0.1, -0.05) is 34.1 Å². The summed E-state index contributed by atoms with van der Waals surface area (Å²) in [6, 6.07) is 7.72. The molecule has 25 heavy (non-hydrogen) atoms. The largest absolute Gasteiger partial charge is 0.366 e. The van der Waals surface area contributed by atoms with Crippen LogP contribution in [0.15, 0.2) is 28.7 Å². The van der Waals surface area contributed by atoms with E-state index < -0.39 is 0 Å². The second-order valence-electron chi connectivity index (χ2n) is 5.93. The number of amides is 1. The van der Waals surface area contributed by atoms with Crippen LogP contribution >= 0.6 is 15.9 Å². The fraction of sp³-hybridized carbons (Fsp3) is 0.294. The summed E-state index contributed by atoms with van der Waals surface area (Å²) in [5.41, 5.74) is 9.06. The molecule has 1 aromatic carbocycles. The van der Waals surface area contributed by atoms with Gasteiger partial charge in [0.25, 0.3) is 5.78 Å². The van der Waals surface area contributed by atoms with Gasteiger partial charge >= 0.3 is 0 Å². The summed E-state index contributed by atoms with van der Waals surface area (Å²) < 4.78 is 2.54. The lowest BCUT2D eigenvalue weighted by atomic mass is 10.1. The smallest absolute Gasteiger partial charge is 0.254 e. The highest BCUT2D eigenvalue weighted by molar-refractivity contribution is 9.10. The van der Waals surface area contributed by atoms with Crippen molar-refractivity contribution >= 4 is 33.6 Å². The number of carbonyl (C=O) groups is 1. The van der Waals surface area contributed by atoms with Crippen LogP contribution in [-0.4, -0.2) is 25.5 Å². The molecule has 130 valence electrons. The number of aromatic nitrogens is 4. The van der Waals surface area contributed by atoms with Gasteiger partial charge in [0, 0.05) is 21.4 Å². The van der Waals surface area contributed by atoms with Crippen molar-refractivity contribution in [2.24, 2.45) is 0 Å². The zero-order valence-electron chi connectivity index (χ0n) is 14.2. The van der Waals surface area contributed by atoms with Crippen LogP contribution in [0.3, 0.4) is 0 Å². The summed E-state index contributed by atoms with van der Waals surface area (Å²) in [7, 11) is 0. The van der Waals surface area contributed by atoms with Gasteiger partial charge in [0.05, 0.1) is 12.5 Å². The highest BCUT2D eigenvalue weighted by Crippen LogP contribution is 2.23. The molecule has 0 unspecified atom stereocenters. The van der Waals surface area contributed by atoms with Gasteiger partial charge in [-0.15, -0.1) is 5.10 Å². The van der Waals surface area contributed by atoms with Crippen LogP contribution in [0.2, 0.25) is 0 Å². The molecule has 0 fully saturated rings. The Morgan fingerprint density at radius 3 is 2.76 bits per heavy atom. The van der Waals surface area contributed by atoms with Gasteiger partial charge in [-0.25, -0.2) is 4.98 Å². The molecule has 2 aromatic heterocycles. The first kappa shape index (κ1) is 17.3. The summed E-state index contributed by atoms with van der Waals surface area (Å²) in [6.45, 7) is 5.70. The number of fused-ring (bicyclic) bond motifs is 1. The minimum absolute atomic E-state index is 0.0799. The van der Waals surface area contributed by atoms with Crippen molar-refractivity contribution in [2.45, 2.75) is 33.2 Å². The van der Waals surface area contributed by atoms with Gasteiger partial charge in [-0.05, 0) is 32.4 Å².